The molecule has 0 aromatic heterocycles. The number of aliphatic hydroxyl groups excluding tert-OH is 4. The van der Waals surface area contributed by atoms with Gasteiger partial charge in [0.1, 0.15) is 48.3 Å². The van der Waals surface area contributed by atoms with Crippen molar-refractivity contribution < 1.29 is 82.7 Å². The number of esters is 1. The summed E-state index contributed by atoms with van der Waals surface area (Å²) in [6.45, 7) is 15.3. The number of carbonyl (C=O) groups excluding carboxylic acids is 12. The lowest BCUT2D eigenvalue weighted by Gasteiger charge is -2.34. The first-order chi connectivity index (χ1) is 42.0. The van der Waals surface area contributed by atoms with Crippen LogP contribution in [0.2, 0.25) is 0 Å². The first-order valence-corrected chi connectivity index (χ1v) is 30.1. The molecule has 1 aliphatic heterocycles. The van der Waals surface area contributed by atoms with Gasteiger partial charge in [0.15, 0.2) is 24.2 Å². The number of guanidine groups is 1. The summed E-state index contributed by atoms with van der Waals surface area (Å²) in [5.74, 6) is -17.2. The maximum atomic E-state index is 15.3. The summed E-state index contributed by atoms with van der Waals surface area (Å²) in [4.78, 5) is 174. The molecule has 0 unspecified atom stereocenters. The van der Waals surface area contributed by atoms with E-state index in [9.17, 15) is 73.2 Å². The molecule has 11 amide bonds. The van der Waals surface area contributed by atoms with E-state index in [-0.39, 0.29) is 74.3 Å². The Labute approximate surface area is 523 Å². The topological polar surface area (TPSA) is 532 Å². The van der Waals surface area contributed by atoms with Gasteiger partial charge >= 0.3 is 5.97 Å². The lowest BCUT2D eigenvalue weighted by Crippen LogP contribution is -2.64. The Morgan fingerprint density at radius 2 is 1.19 bits per heavy atom. The lowest BCUT2D eigenvalue weighted by atomic mass is 9.95. The zero-order valence-electron chi connectivity index (χ0n) is 53.1. The summed E-state index contributed by atoms with van der Waals surface area (Å²) >= 11 is 0. The van der Waals surface area contributed by atoms with Gasteiger partial charge in [-0.3, -0.25) is 57.7 Å². The third-order valence-corrected chi connectivity index (χ3v) is 14.4. The van der Waals surface area contributed by atoms with Crippen LogP contribution in [0.3, 0.4) is 0 Å². The maximum absolute atomic E-state index is 15.3. The number of amides is 11. The standard InChI is InChI=1S/C58H97N15O17/c1-12-30(10)39-53(85)71-40(31(11)75)52(84)64-24-38(76)69-42(45(78)47(60)79)55(87)68-37(25-74)57(89)90-46(32-17-14-13-15-18-32)43(73-51(83)36(23-28(6)7)66-48(80)33(59)21-26(2)3)56(88)72-41(44(77)29(8)9)54(86)67-35(22-27(4)5)50(82)65-34(49(81)70-39)19-16-20-63-58(61)62/h13-15,17-18,26-31,33-37,39-46,74-75,77-78H,12,16,19-25,59H2,1-11H3,(H2,60,79)(H,64,84)(H,65,82)(H,66,80)(H,67,86)(H,68,87)(H,69,76)(H,70,81)(H,71,85)(H,72,88)(H,73,83)(H4,61,62,63)/t30-,31-,33-,34+,35-,36-,37-,39-,40-,41-,42-,43-,44+,45-,46+/m0/s1. The first-order valence-electron chi connectivity index (χ1n) is 30.1. The lowest BCUT2D eigenvalue weighted by molar-refractivity contribution is -0.159. The smallest absolute Gasteiger partial charge is 0.331 e. The van der Waals surface area contributed by atoms with Crippen molar-refractivity contribution in [1.82, 2.24) is 53.2 Å². The fourth-order valence-electron chi connectivity index (χ4n) is 9.25. The van der Waals surface area contributed by atoms with E-state index in [2.05, 4.69) is 47.5 Å². The highest BCUT2D eigenvalue weighted by Crippen LogP contribution is 2.25. The number of primary amides is 1. The predicted octanol–water partition coefficient (Wildman–Crippen LogP) is -5.43. The molecule has 32 nitrogen and oxygen atoms in total. The molecular formula is C58H97N15O17. The van der Waals surface area contributed by atoms with Crippen molar-refractivity contribution in [1.29, 1.82) is 0 Å². The summed E-state index contributed by atoms with van der Waals surface area (Å²) in [5.41, 5.74) is 22.6. The third kappa shape index (κ3) is 25.4. The third-order valence-electron chi connectivity index (χ3n) is 14.4. The molecule has 0 spiro atoms. The Bertz CT molecular complexity index is 2640. The molecule has 15 atom stereocenters. The highest BCUT2D eigenvalue weighted by atomic mass is 16.5. The van der Waals surface area contributed by atoms with Gasteiger partial charge in [-0.05, 0) is 74.2 Å². The molecule has 0 saturated carbocycles. The molecule has 1 heterocycles. The number of nitrogens with zero attached hydrogens (tertiary/aromatic N) is 1. The Kier molecular flexibility index (Phi) is 32.8. The molecule has 22 N–H and O–H groups in total. The van der Waals surface area contributed by atoms with Crippen LogP contribution in [0.5, 0.6) is 0 Å². The van der Waals surface area contributed by atoms with E-state index in [1.807, 2.05) is 24.5 Å². The fourth-order valence-corrected chi connectivity index (χ4v) is 9.25. The number of benzene rings is 1. The zero-order valence-corrected chi connectivity index (χ0v) is 53.1. The van der Waals surface area contributed by atoms with Crippen LogP contribution < -0.4 is 76.1 Å². The van der Waals surface area contributed by atoms with Crippen LogP contribution in [0.4, 0.5) is 0 Å². The largest absolute Gasteiger partial charge is 0.453 e. The first kappa shape index (κ1) is 78.0. The molecule has 32 heteroatoms. The molecule has 0 bridgehead atoms. The van der Waals surface area contributed by atoms with Crippen LogP contribution in [-0.2, 0) is 62.3 Å². The minimum absolute atomic E-state index is 0.0466. The van der Waals surface area contributed by atoms with Gasteiger partial charge in [-0.1, -0.05) is 106 Å². The van der Waals surface area contributed by atoms with E-state index in [1.54, 1.807) is 41.5 Å². The number of nitrogens with one attached hydrogen (secondary N) is 10. The number of hydrogen-bond acceptors (Lipinski definition) is 19. The van der Waals surface area contributed by atoms with Gasteiger partial charge in [0, 0.05) is 6.54 Å². The molecule has 1 fully saturated rings. The molecule has 1 aromatic rings. The van der Waals surface area contributed by atoms with E-state index in [0.717, 1.165) is 6.92 Å². The van der Waals surface area contributed by atoms with E-state index in [0.29, 0.717) is 0 Å². The summed E-state index contributed by atoms with van der Waals surface area (Å²) < 4.78 is 5.92. The van der Waals surface area contributed by atoms with Gasteiger partial charge in [-0.25, -0.2) is 4.79 Å². The Morgan fingerprint density at radius 1 is 0.644 bits per heavy atom. The average molecular weight is 1280 g/mol. The molecule has 506 valence electrons. The second-order valence-corrected chi connectivity index (χ2v) is 24.1. The number of nitrogens with two attached hydrogens (primary N) is 4. The number of cyclic esters (lactones) is 1. The second kappa shape index (κ2) is 37.8. The highest BCUT2D eigenvalue weighted by molar-refractivity contribution is 6.00. The molecule has 1 aromatic carbocycles. The number of ether oxygens (including phenoxy) is 1. The summed E-state index contributed by atoms with van der Waals surface area (Å²) in [7, 11) is 0. The summed E-state index contributed by atoms with van der Waals surface area (Å²) in [5, 5.41) is 68.0. The van der Waals surface area contributed by atoms with Crippen molar-refractivity contribution in [3.63, 3.8) is 0 Å². The number of aliphatic imine (C=N–C) groups is 1. The fraction of sp³-hybridized carbons (Fsp3) is 0.672. The molecular weight excluding hydrogens is 1180 g/mol. The molecule has 0 aliphatic carbocycles. The van der Waals surface area contributed by atoms with Crippen molar-refractivity contribution in [3.05, 3.63) is 35.9 Å². The van der Waals surface area contributed by atoms with Crippen LogP contribution >= 0.6 is 0 Å². The molecule has 2 rings (SSSR count). The van der Waals surface area contributed by atoms with Crippen LogP contribution in [0.1, 0.15) is 126 Å². The van der Waals surface area contributed by atoms with E-state index < -0.39 is 181 Å². The second-order valence-electron chi connectivity index (χ2n) is 24.1. The van der Waals surface area contributed by atoms with Gasteiger partial charge in [-0.2, -0.15) is 0 Å². The Morgan fingerprint density at radius 3 is 1.72 bits per heavy atom. The van der Waals surface area contributed by atoms with Crippen molar-refractivity contribution >= 4 is 76.9 Å². The van der Waals surface area contributed by atoms with Crippen molar-refractivity contribution in [2.24, 2.45) is 57.5 Å². The van der Waals surface area contributed by atoms with E-state index in [1.165, 1.54) is 44.2 Å². The SMILES string of the molecule is CC[C@H](C)[C@@H]1NC(=O)[C@@H](CCCN=C(N)N)NC(=O)[C@H](CC(C)C)NC(=O)[C@H]([C@H](O)C(C)C)NC(=O)[C@@H](NC(=O)[C@H](CC(C)C)NC(=O)[C@@H](N)CC(C)C)[C@@H](c2ccccc2)OC(=O)[C@H](CO)NC(=O)[C@H]([C@H](O)C(N)=O)NC(=O)CNC(=O)[C@H]([C@H](C)O)NC1=O. The van der Waals surface area contributed by atoms with E-state index in [4.69, 9.17) is 27.7 Å². The van der Waals surface area contributed by atoms with Crippen molar-refractivity contribution in [2.75, 3.05) is 19.7 Å². The van der Waals surface area contributed by atoms with Crippen LogP contribution in [0.25, 0.3) is 0 Å². The van der Waals surface area contributed by atoms with Crippen LogP contribution in [-0.4, -0.2) is 196 Å². The number of rotatable bonds is 23. The summed E-state index contributed by atoms with van der Waals surface area (Å²) in [6, 6.07) is -10.7. The summed E-state index contributed by atoms with van der Waals surface area (Å²) in [6.07, 6.45) is -8.04. The normalized spacial score (nSPS) is 24.7. The van der Waals surface area contributed by atoms with Crippen LogP contribution in [0.15, 0.2) is 35.3 Å². The predicted molar refractivity (Wildman–Crippen MR) is 326 cm³/mol. The minimum Gasteiger partial charge on any atom is -0.453 e. The maximum Gasteiger partial charge on any atom is 0.331 e. The zero-order chi connectivity index (χ0) is 68.4. The van der Waals surface area contributed by atoms with Gasteiger partial charge < -0.3 is 101 Å². The average Bonchev–Trinajstić information content (AvgIpc) is 1.47. The molecule has 90 heavy (non-hydrogen) atoms. The molecule has 1 aliphatic rings. The Balaban J connectivity index is 3.13. The number of hydrogen-bond donors (Lipinski definition) is 18. The van der Waals surface area contributed by atoms with Gasteiger partial charge in [0.25, 0.3) is 0 Å². The highest BCUT2D eigenvalue weighted by Gasteiger charge is 2.44. The number of carbonyl (C=O) groups is 12. The van der Waals surface area contributed by atoms with Gasteiger partial charge in [0.05, 0.1) is 31.4 Å². The quantitative estimate of drug-likeness (QED) is 0.0210. The monoisotopic (exact) mass is 1280 g/mol. The molecule has 0 radical (unpaired) electrons. The Hall–Kier alpha value is -8.07. The van der Waals surface area contributed by atoms with Crippen molar-refractivity contribution in [2.45, 2.75) is 200 Å². The minimum atomic E-state index is -2.57. The van der Waals surface area contributed by atoms with Gasteiger partial charge in [-0.15, -0.1) is 0 Å². The number of aliphatic hydroxyl groups is 4. The van der Waals surface area contributed by atoms with E-state index >= 15 is 4.79 Å². The molecule has 1 saturated heterocycles. The van der Waals surface area contributed by atoms with Crippen molar-refractivity contribution in [3.8, 4) is 0 Å². The van der Waals surface area contributed by atoms with Crippen LogP contribution in [0, 0.1) is 29.6 Å². The van der Waals surface area contributed by atoms with Gasteiger partial charge in [0.2, 0.25) is 65.0 Å².